The molecule has 0 aliphatic heterocycles. The van der Waals surface area contributed by atoms with Crippen molar-refractivity contribution in [2.24, 2.45) is 0 Å². The molecule has 1 N–H and O–H groups in total. The smallest absolute Gasteiger partial charge is 0.330 e. The van der Waals surface area contributed by atoms with Crippen LogP contribution in [0.2, 0.25) is 10.0 Å². The molecule has 19 heavy (non-hydrogen) atoms. The number of nitrogens with one attached hydrogen (secondary N) is 1. The monoisotopic (exact) mass is 301 g/mol. The van der Waals surface area contributed by atoms with E-state index < -0.39 is 11.9 Å². The number of carbonyl (C=O) groups excluding carboxylic acids is 2. The average molecular weight is 302 g/mol. The minimum atomic E-state index is -0.561. The van der Waals surface area contributed by atoms with Crippen molar-refractivity contribution in [1.82, 2.24) is 0 Å². The first-order valence-electron chi connectivity index (χ1n) is 5.64. The normalized spacial score (nSPS) is 10.5. The summed E-state index contributed by atoms with van der Waals surface area (Å²) >= 11 is 11.7. The highest BCUT2D eigenvalue weighted by atomic mass is 35.5. The molecule has 0 heterocycles. The Balaban J connectivity index is 2.58. The Labute approximate surface area is 121 Å². The van der Waals surface area contributed by atoms with Gasteiger partial charge in [0.25, 0.3) is 0 Å². The van der Waals surface area contributed by atoms with Gasteiger partial charge in [-0.2, -0.15) is 0 Å². The number of rotatable bonds is 5. The number of ether oxygens (including phenoxy) is 1. The fraction of sp³-hybridized carbons (Fsp3) is 0.231. The molecule has 0 aromatic heterocycles. The molecule has 0 aliphatic rings. The van der Waals surface area contributed by atoms with E-state index in [1.165, 1.54) is 0 Å². The zero-order valence-electron chi connectivity index (χ0n) is 10.3. The van der Waals surface area contributed by atoms with Crippen LogP contribution >= 0.6 is 23.2 Å². The Morgan fingerprint density at radius 1 is 1.32 bits per heavy atom. The molecule has 0 spiro atoms. The molecule has 4 nitrogen and oxygen atoms in total. The van der Waals surface area contributed by atoms with E-state index in [4.69, 9.17) is 27.9 Å². The largest absolute Gasteiger partial charge is 0.463 e. The van der Waals surface area contributed by atoms with E-state index in [1.54, 1.807) is 18.2 Å². The van der Waals surface area contributed by atoms with Crippen molar-refractivity contribution in [1.29, 1.82) is 0 Å². The molecule has 0 fully saturated rings. The summed E-state index contributed by atoms with van der Waals surface area (Å²) in [5.41, 5.74) is 0.380. The van der Waals surface area contributed by atoms with Crippen molar-refractivity contribution in [2.75, 3.05) is 11.9 Å². The van der Waals surface area contributed by atoms with Gasteiger partial charge < -0.3 is 10.1 Å². The lowest BCUT2D eigenvalue weighted by atomic mass is 10.3. The van der Waals surface area contributed by atoms with Crippen molar-refractivity contribution < 1.29 is 14.3 Å². The van der Waals surface area contributed by atoms with Crippen LogP contribution in [-0.4, -0.2) is 18.5 Å². The van der Waals surface area contributed by atoms with Crippen LogP contribution in [0, 0.1) is 0 Å². The topological polar surface area (TPSA) is 55.4 Å². The Kier molecular flexibility index (Phi) is 6.39. The van der Waals surface area contributed by atoms with Gasteiger partial charge in [-0.25, -0.2) is 4.79 Å². The molecule has 0 radical (unpaired) electrons. The minimum Gasteiger partial charge on any atom is -0.463 e. The standard InChI is InChI=1S/C13H13Cl2NO3/c1-2-8-19-12(18)7-6-11(17)16-10-5-3-4-9(14)13(10)15/h3-7H,2,8H2,1H3,(H,16,17)/b7-6-. The van der Waals surface area contributed by atoms with Crippen molar-refractivity contribution in [3.8, 4) is 0 Å². The Bertz CT molecular complexity index is 501. The molecule has 0 saturated carbocycles. The number of amides is 1. The first kappa shape index (κ1) is 15.5. The van der Waals surface area contributed by atoms with Gasteiger partial charge in [0.15, 0.2) is 0 Å². The van der Waals surface area contributed by atoms with Gasteiger partial charge in [0.05, 0.1) is 22.3 Å². The molecule has 0 aliphatic carbocycles. The molecule has 1 amide bonds. The average Bonchev–Trinajstić information content (AvgIpc) is 2.39. The van der Waals surface area contributed by atoms with Crippen LogP contribution in [0.1, 0.15) is 13.3 Å². The Morgan fingerprint density at radius 3 is 2.74 bits per heavy atom. The summed E-state index contributed by atoms with van der Waals surface area (Å²) in [5, 5.41) is 3.10. The summed E-state index contributed by atoms with van der Waals surface area (Å²) in [5.74, 6) is -1.05. The van der Waals surface area contributed by atoms with E-state index in [9.17, 15) is 9.59 Å². The van der Waals surface area contributed by atoms with Gasteiger partial charge in [0, 0.05) is 12.2 Å². The van der Waals surface area contributed by atoms with E-state index in [2.05, 4.69) is 5.32 Å². The fourth-order valence-electron chi connectivity index (χ4n) is 1.17. The second-order valence-corrected chi connectivity index (χ2v) is 4.38. The highest BCUT2D eigenvalue weighted by Gasteiger charge is 2.06. The maximum absolute atomic E-state index is 11.5. The number of esters is 1. The van der Waals surface area contributed by atoms with Gasteiger partial charge >= 0.3 is 5.97 Å². The first-order valence-corrected chi connectivity index (χ1v) is 6.40. The second-order valence-electron chi connectivity index (χ2n) is 3.59. The van der Waals surface area contributed by atoms with Crippen LogP contribution in [0.5, 0.6) is 0 Å². The summed E-state index contributed by atoms with van der Waals surface area (Å²) < 4.78 is 4.78. The van der Waals surface area contributed by atoms with Gasteiger partial charge in [-0.3, -0.25) is 4.79 Å². The molecule has 0 unspecified atom stereocenters. The Hall–Kier alpha value is -1.52. The first-order chi connectivity index (χ1) is 9.04. The predicted octanol–water partition coefficient (Wildman–Crippen LogP) is 3.44. The Morgan fingerprint density at radius 2 is 2.05 bits per heavy atom. The van der Waals surface area contributed by atoms with Crippen molar-refractivity contribution >= 4 is 40.8 Å². The lowest BCUT2D eigenvalue weighted by molar-refractivity contribution is -0.137. The number of hydrogen-bond donors (Lipinski definition) is 1. The van der Waals surface area contributed by atoms with Crippen molar-refractivity contribution in [2.45, 2.75) is 13.3 Å². The third-order valence-corrected chi connectivity index (χ3v) is 2.85. The fourth-order valence-corrected chi connectivity index (χ4v) is 1.52. The number of anilines is 1. The number of benzene rings is 1. The lowest BCUT2D eigenvalue weighted by Gasteiger charge is -2.05. The number of carbonyl (C=O) groups is 2. The molecule has 0 bridgehead atoms. The third-order valence-electron chi connectivity index (χ3n) is 2.03. The lowest BCUT2D eigenvalue weighted by Crippen LogP contribution is -2.10. The van der Waals surface area contributed by atoms with Crippen LogP contribution in [-0.2, 0) is 14.3 Å². The maximum Gasteiger partial charge on any atom is 0.330 e. The molecular formula is C13H13Cl2NO3. The van der Waals surface area contributed by atoms with Gasteiger partial charge in [-0.1, -0.05) is 36.2 Å². The molecule has 6 heteroatoms. The highest BCUT2D eigenvalue weighted by Crippen LogP contribution is 2.29. The quantitative estimate of drug-likeness (QED) is 0.669. The van der Waals surface area contributed by atoms with Crippen molar-refractivity contribution in [3.05, 3.63) is 40.4 Å². The third kappa shape index (κ3) is 5.32. The van der Waals surface area contributed by atoms with E-state index in [0.717, 1.165) is 18.6 Å². The zero-order chi connectivity index (χ0) is 14.3. The molecular weight excluding hydrogens is 289 g/mol. The van der Waals surface area contributed by atoms with Gasteiger partial charge in [0.2, 0.25) is 5.91 Å². The van der Waals surface area contributed by atoms with Gasteiger partial charge in [0.1, 0.15) is 0 Å². The van der Waals surface area contributed by atoms with E-state index in [0.29, 0.717) is 17.3 Å². The number of halogens is 2. The van der Waals surface area contributed by atoms with E-state index >= 15 is 0 Å². The second kappa shape index (κ2) is 7.81. The SMILES string of the molecule is CCCOC(=O)/C=C\C(=O)Nc1cccc(Cl)c1Cl. The maximum atomic E-state index is 11.5. The van der Waals surface area contributed by atoms with Crippen LogP contribution in [0.15, 0.2) is 30.4 Å². The summed E-state index contributed by atoms with van der Waals surface area (Å²) in [6.45, 7) is 2.20. The van der Waals surface area contributed by atoms with Gasteiger partial charge in [-0.05, 0) is 18.6 Å². The predicted molar refractivity (Wildman–Crippen MR) is 75.5 cm³/mol. The summed E-state index contributed by atoms with van der Waals surface area (Å²) in [7, 11) is 0. The van der Waals surface area contributed by atoms with Crippen LogP contribution in [0.4, 0.5) is 5.69 Å². The molecule has 1 rings (SSSR count). The molecule has 1 aromatic rings. The molecule has 0 atom stereocenters. The summed E-state index contributed by atoms with van der Waals surface area (Å²) in [4.78, 5) is 22.7. The minimum absolute atomic E-state index is 0.250. The van der Waals surface area contributed by atoms with E-state index in [1.807, 2.05) is 6.92 Å². The summed E-state index contributed by atoms with van der Waals surface area (Å²) in [6, 6.07) is 4.87. The summed E-state index contributed by atoms with van der Waals surface area (Å²) in [6.07, 6.45) is 2.86. The van der Waals surface area contributed by atoms with Gasteiger partial charge in [-0.15, -0.1) is 0 Å². The molecule has 0 saturated heterocycles. The number of hydrogen-bond acceptors (Lipinski definition) is 3. The highest BCUT2D eigenvalue weighted by molar-refractivity contribution is 6.44. The van der Waals surface area contributed by atoms with Crippen LogP contribution < -0.4 is 5.32 Å². The van der Waals surface area contributed by atoms with Crippen LogP contribution in [0.3, 0.4) is 0 Å². The van der Waals surface area contributed by atoms with Crippen LogP contribution in [0.25, 0.3) is 0 Å². The van der Waals surface area contributed by atoms with Crippen molar-refractivity contribution in [3.63, 3.8) is 0 Å². The zero-order valence-corrected chi connectivity index (χ0v) is 11.8. The molecule has 102 valence electrons. The molecule has 1 aromatic carbocycles. The van der Waals surface area contributed by atoms with E-state index in [-0.39, 0.29) is 5.02 Å².